The molecule has 1 aliphatic rings. The molecule has 0 aliphatic carbocycles. The lowest BCUT2D eigenvalue weighted by Gasteiger charge is -2.06. The summed E-state index contributed by atoms with van der Waals surface area (Å²) in [6, 6.07) is 6.52. The van der Waals surface area contributed by atoms with Crippen molar-refractivity contribution in [3.63, 3.8) is 0 Å². The van der Waals surface area contributed by atoms with Gasteiger partial charge in [-0.1, -0.05) is 23.9 Å². The lowest BCUT2D eigenvalue weighted by molar-refractivity contribution is -0.119. The van der Waals surface area contributed by atoms with Crippen LogP contribution in [0.2, 0.25) is 0 Å². The summed E-state index contributed by atoms with van der Waals surface area (Å²) >= 11 is 1.54. The van der Waals surface area contributed by atoms with E-state index in [9.17, 15) is 13.2 Å². The first-order valence-corrected chi connectivity index (χ1v) is 8.98. The minimum absolute atomic E-state index is 0.0740. The lowest BCUT2D eigenvalue weighted by Crippen LogP contribution is -2.27. The second kappa shape index (κ2) is 7.06. The molecule has 0 spiro atoms. The fourth-order valence-electron chi connectivity index (χ4n) is 1.80. The first-order chi connectivity index (χ1) is 10.0. The van der Waals surface area contributed by atoms with Crippen LogP contribution in [-0.4, -0.2) is 38.8 Å². The third kappa shape index (κ3) is 4.55. The molecule has 114 valence electrons. The third-order valence-corrected chi connectivity index (χ3v) is 5.30. The van der Waals surface area contributed by atoms with Crippen LogP contribution in [0.1, 0.15) is 12.0 Å². The molecule has 0 saturated carbocycles. The number of nitrogens with one attached hydrogen (secondary N) is 2. The minimum Gasteiger partial charge on any atom is -0.305 e. The van der Waals surface area contributed by atoms with Crippen molar-refractivity contribution >= 4 is 32.9 Å². The van der Waals surface area contributed by atoms with Crippen molar-refractivity contribution in [2.45, 2.75) is 17.7 Å². The maximum atomic E-state index is 11.7. The maximum absolute atomic E-state index is 11.7. The van der Waals surface area contributed by atoms with Gasteiger partial charge in [-0.3, -0.25) is 9.79 Å². The van der Waals surface area contributed by atoms with Gasteiger partial charge in [0.2, 0.25) is 15.9 Å². The van der Waals surface area contributed by atoms with E-state index in [4.69, 9.17) is 0 Å². The molecule has 0 fully saturated rings. The first-order valence-electron chi connectivity index (χ1n) is 6.51. The predicted molar refractivity (Wildman–Crippen MR) is 83.9 cm³/mol. The molecule has 1 amide bonds. The van der Waals surface area contributed by atoms with Gasteiger partial charge in [-0.25, -0.2) is 13.1 Å². The van der Waals surface area contributed by atoms with E-state index in [0.29, 0.717) is 18.0 Å². The number of amides is 1. The number of carbonyl (C=O) groups is 1. The fourth-order valence-corrected chi connectivity index (χ4v) is 3.28. The molecule has 1 heterocycles. The van der Waals surface area contributed by atoms with Gasteiger partial charge in [-0.2, -0.15) is 0 Å². The summed E-state index contributed by atoms with van der Waals surface area (Å²) in [5, 5.41) is 3.45. The minimum atomic E-state index is -3.41. The van der Waals surface area contributed by atoms with Gasteiger partial charge < -0.3 is 5.32 Å². The third-order valence-electron chi connectivity index (χ3n) is 2.97. The van der Waals surface area contributed by atoms with Crippen LogP contribution >= 0.6 is 11.8 Å². The van der Waals surface area contributed by atoms with E-state index in [2.05, 4.69) is 15.0 Å². The Labute approximate surface area is 128 Å². The van der Waals surface area contributed by atoms with Crippen molar-refractivity contribution in [1.82, 2.24) is 10.0 Å². The molecule has 0 atom stereocenters. The predicted octanol–water partition coefficient (Wildman–Crippen LogP) is 0.746. The average molecular weight is 327 g/mol. The summed E-state index contributed by atoms with van der Waals surface area (Å²) in [6.45, 7) is 0.752. The first kappa shape index (κ1) is 16.0. The zero-order valence-electron chi connectivity index (χ0n) is 11.6. The summed E-state index contributed by atoms with van der Waals surface area (Å²) < 4.78 is 25.4. The molecule has 0 radical (unpaired) electrons. The highest BCUT2D eigenvalue weighted by Crippen LogP contribution is 2.12. The van der Waals surface area contributed by atoms with Crippen molar-refractivity contribution in [2.75, 3.05) is 19.3 Å². The van der Waals surface area contributed by atoms with Crippen LogP contribution in [0, 0.1) is 0 Å². The van der Waals surface area contributed by atoms with Crippen LogP contribution in [0.25, 0.3) is 0 Å². The smallest absolute Gasteiger partial charge is 0.240 e. The molecule has 0 aromatic heterocycles. The fraction of sp³-hybridized carbons (Fsp3) is 0.385. The Morgan fingerprint density at radius 3 is 2.62 bits per heavy atom. The van der Waals surface area contributed by atoms with Crippen LogP contribution in [0.15, 0.2) is 34.2 Å². The van der Waals surface area contributed by atoms with E-state index in [1.54, 1.807) is 23.9 Å². The lowest BCUT2D eigenvalue weighted by atomic mass is 10.1. The van der Waals surface area contributed by atoms with Crippen LogP contribution in [-0.2, 0) is 21.2 Å². The molecule has 0 bridgehead atoms. The van der Waals surface area contributed by atoms with E-state index >= 15 is 0 Å². The maximum Gasteiger partial charge on any atom is 0.240 e. The molecule has 0 saturated heterocycles. The number of nitrogens with zero attached hydrogens (tertiary/aromatic N) is 1. The normalized spacial score (nSPS) is 14.8. The van der Waals surface area contributed by atoms with Crippen molar-refractivity contribution in [2.24, 2.45) is 4.99 Å². The van der Waals surface area contributed by atoms with Gasteiger partial charge in [0.15, 0.2) is 5.17 Å². The molecular weight excluding hydrogens is 310 g/mol. The molecule has 0 unspecified atom stereocenters. The second-order valence-corrected chi connectivity index (χ2v) is 7.41. The summed E-state index contributed by atoms with van der Waals surface area (Å²) in [5.41, 5.74) is 0.918. The summed E-state index contributed by atoms with van der Waals surface area (Å²) in [6.07, 6.45) is 0.904. The van der Waals surface area contributed by atoms with Crippen LogP contribution in [0.4, 0.5) is 0 Å². The number of aryl methyl sites for hydroxylation is 1. The summed E-state index contributed by atoms with van der Waals surface area (Å²) in [4.78, 5) is 16.1. The standard InChI is InChI=1S/C13H17N3O3S2/c1-14-21(18,19)11-5-2-10(3-6-11)4-7-12(17)16-13-15-8-9-20-13/h2-3,5-6,14H,4,7-9H2,1H3,(H,15,16,17). The van der Waals surface area contributed by atoms with E-state index in [1.807, 2.05) is 0 Å². The molecule has 2 rings (SSSR count). The molecule has 8 heteroatoms. The highest BCUT2D eigenvalue weighted by atomic mass is 32.2. The molecule has 2 N–H and O–H groups in total. The highest BCUT2D eigenvalue weighted by molar-refractivity contribution is 8.14. The van der Waals surface area contributed by atoms with Gasteiger partial charge in [0, 0.05) is 12.2 Å². The second-order valence-electron chi connectivity index (χ2n) is 4.44. The number of thioether (sulfide) groups is 1. The molecule has 21 heavy (non-hydrogen) atoms. The largest absolute Gasteiger partial charge is 0.305 e. The van der Waals surface area contributed by atoms with Crippen molar-refractivity contribution in [1.29, 1.82) is 0 Å². The van der Waals surface area contributed by atoms with Gasteiger partial charge in [-0.05, 0) is 31.2 Å². The SMILES string of the molecule is CNS(=O)(=O)c1ccc(CCC(=O)NC2=NCCS2)cc1. The topological polar surface area (TPSA) is 87.6 Å². The zero-order valence-corrected chi connectivity index (χ0v) is 13.3. The molecule has 1 aliphatic heterocycles. The van der Waals surface area contributed by atoms with Gasteiger partial charge in [-0.15, -0.1) is 0 Å². The molecule has 1 aromatic carbocycles. The Morgan fingerprint density at radius 2 is 2.05 bits per heavy atom. The van der Waals surface area contributed by atoms with E-state index < -0.39 is 10.0 Å². The van der Waals surface area contributed by atoms with Gasteiger partial charge in [0.1, 0.15) is 0 Å². The Hall–Kier alpha value is -1.38. The number of sulfonamides is 1. The van der Waals surface area contributed by atoms with E-state index in [0.717, 1.165) is 17.9 Å². The van der Waals surface area contributed by atoms with Gasteiger partial charge >= 0.3 is 0 Å². The Balaban J connectivity index is 1.87. The van der Waals surface area contributed by atoms with Crippen molar-refractivity contribution in [3.8, 4) is 0 Å². The average Bonchev–Trinajstić information content (AvgIpc) is 2.98. The number of amidine groups is 1. The van der Waals surface area contributed by atoms with Crippen molar-refractivity contribution < 1.29 is 13.2 Å². The Kier molecular flexibility index (Phi) is 5.38. The van der Waals surface area contributed by atoms with E-state index in [-0.39, 0.29) is 10.8 Å². The monoisotopic (exact) mass is 327 g/mol. The molecule has 6 nitrogen and oxygen atoms in total. The molecular formula is C13H17N3O3S2. The van der Waals surface area contributed by atoms with Crippen LogP contribution < -0.4 is 10.0 Å². The van der Waals surface area contributed by atoms with E-state index in [1.165, 1.54) is 19.2 Å². The number of aliphatic imine (C=N–C) groups is 1. The summed E-state index contributed by atoms with van der Waals surface area (Å²) in [7, 11) is -2.04. The quantitative estimate of drug-likeness (QED) is 0.835. The Bertz CT molecular complexity index is 639. The number of hydrogen-bond donors (Lipinski definition) is 2. The molecule has 1 aromatic rings. The zero-order chi connectivity index (χ0) is 15.3. The number of carbonyl (C=O) groups excluding carboxylic acids is 1. The van der Waals surface area contributed by atoms with Crippen LogP contribution in [0.5, 0.6) is 0 Å². The number of hydrogen-bond acceptors (Lipinski definition) is 5. The summed E-state index contributed by atoms with van der Waals surface area (Å²) in [5.74, 6) is 0.840. The Morgan fingerprint density at radius 1 is 1.33 bits per heavy atom. The number of rotatable bonds is 5. The highest BCUT2D eigenvalue weighted by Gasteiger charge is 2.12. The number of benzene rings is 1. The van der Waals surface area contributed by atoms with Crippen molar-refractivity contribution in [3.05, 3.63) is 29.8 Å². The van der Waals surface area contributed by atoms with Gasteiger partial charge in [0.25, 0.3) is 0 Å². The van der Waals surface area contributed by atoms with Crippen LogP contribution in [0.3, 0.4) is 0 Å². The van der Waals surface area contributed by atoms with Gasteiger partial charge in [0.05, 0.1) is 11.4 Å².